The molecule has 1 saturated heterocycles. The smallest absolute Gasteiger partial charge is 0.156 e. The topological polar surface area (TPSA) is 30.5 Å². The van der Waals surface area contributed by atoms with Crippen molar-refractivity contribution in [3.05, 3.63) is 57.6 Å². The van der Waals surface area contributed by atoms with Crippen molar-refractivity contribution in [3.8, 4) is 11.5 Å². The first-order valence-corrected chi connectivity index (χ1v) is 9.41. The van der Waals surface area contributed by atoms with E-state index in [0.29, 0.717) is 34.9 Å². The van der Waals surface area contributed by atoms with Gasteiger partial charge >= 0.3 is 0 Å². The number of ether oxygens (including phenoxy) is 2. The maximum Gasteiger partial charge on any atom is 0.156 e. The molecule has 0 bridgehead atoms. The largest absolute Gasteiger partial charge is 0.490 e. The van der Waals surface area contributed by atoms with Gasteiger partial charge in [-0.05, 0) is 74.2 Å². The summed E-state index contributed by atoms with van der Waals surface area (Å²) in [5.74, 6) is 2.02. The maximum atomic E-state index is 6.17. The Kier molecular flexibility index (Phi) is 6.46. The average Bonchev–Trinajstić information content (AvgIpc) is 2.61. The Balaban J connectivity index is 1.48. The lowest BCUT2D eigenvalue weighted by molar-refractivity contribution is 0.217. The van der Waals surface area contributed by atoms with Gasteiger partial charge in [-0.2, -0.15) is 0 Å². The van der Waals surface area contributed by atoms with Crippen LogP contribution in [0.2, 0.25) is 10.0 Å². The third-order valence-electron chi connectivity index (χ3n) is 4.43. The van der Waals surface area contributed by atoms with Crippen LogP contribution in [0.3, 0.4) is 0 Å². The molecule has 0 spiro atoms. The maximum absolute atomic E-state index is 6.17. The van der Waals surface area contributed by atoms with E-state index in [0.717, 1.165) is 24.4 Å². The molecule has 1 N–H and O–H groups in total. The third kappa shape index (κ3) is 5.04. The SMILES string of the molecule is Cc1cc(Cl)c(OCCOc2ccc(C3CCNCC3)cc2)c(Cl)c1. The van der Waals surface area contributed by atoms with Crippen LogP contribution < -0.4 is 14.8 Å². The molecule has 5 heteroatoms. The molecule has 3 rings (SSSR count). The van der Waals surface area contributed by atoms with Gasteiger partial charge in [-0.1, -0.05) is 35.3 Å². The van der Waals surface area contributed by atoms with Gasteiger partial charge in [0, 0.05) is 0 Å². The molecule has 25 heavy (non-hydrogen) atoms. The molecule has 0 radical (unpaired) electrons. The monoisotopic (exact) mass is 379 g/mol. The van der Waals surface area contributed by atoms with Gasteiger partial charge in [0.25, 0.3) is 0 Å². The Morgan fingerprint density at radius 3 is 2.20 bits per heavy atom. The molecule has 0 amide bonds. The van der Waals surface area contributed by atoms with E-state index >= 15 is 0 Å². The molecule has 1 heterocycles. The lowest BCUT2D eigenvalue weighted by Crippen LogP contribution is -2.26. The molecule has 0 atom stereocenters. The first-order valence-electron chi connectivity index (χ1n) is 8.65. The zero-order valence-electron chi connectivity index (χ0n) is 14.4. The highest BCUT2D eigenvalue weighted by Crippen LogP contribution is 2.34. The van der Waals surface area contributed by atoms with Gasteiger partial charge in [0.05, 0.1) is 10.0 Å². The molecular weight excluding hydrogens is 357 g/mol. The highest BCUT2D eigenvalue weighted by Gasteiger charge is 2.14. The number of nitrogens with one attached hydrogen (secondary N) is 1. The molecule has 3 nitrogen and oxygen atoms in total. The van der Waals surface area contributed by atoms with E-state index in [1.165, 1.54) is 18.4 Å². The van der Waals surface area contributed by atoms with Gasteiger partial charge in [0.1, 0.15) is 19.0 Å². The molecule has 0 aliphatic carbocycles. The molecular formula is C20H23Cl2NO2. The van der Waals surface area contributed by atoms with Crippen molar-refractivity contribution in [2.24, 2.45) is 0 Å². The molecule has 0 saturated carbocycles. The summed E-state index contributed by atoms with van der Waals surface area (Å²) >= 11 is 12.3. The van der Waals surface area contributed by atoms with Crippen LogP contribution in [-0.4, -0.2) is 26.3 Å². The van der Waals surface area contributed by atoms with E-state index in [-0.39, 0.29) is 0 Å². The summed E-state index contributed by atoms with van der Waals surface area (Å²) in [6.07, 6.45) is 2.40. The first-order chi connectivity index (χ1) is 12.1. The van der Waals surface area contributed by atoms with Crippen LogP contribution in [0.15, 0.2) is 36.4 Å². The Labute approximate surface area is 159 Å². The molecule has 0 aromatic heterocycles. The number of aryl methyl sites for hydroxylation is 1. The van der Waals surface area contributed by atoms with Crippen LogP contribution in [0.1, 0.15) is 29.9 Å². The lowest BCUT2D eigenvalue weighted by Gasteiger charge is -2.23. The predicted molar refractivity (Wildman–Crippen MR) is 103 cm³/mol. The Bertz CT molecular complexity index is 674. The van der Waals surface area contributed by atoms with Crippen molar-refractivity contribution in [3.63, 3.8) is 0 Å². The van der Waals surface area contributed by atoms with Gasteiger partial charge in [-0.25, -0.2) is 0 Å². The average molecular weight is 380 g/mol. The van der Waals surface area contributed by atoms with Crippen molar-refractivity contribution in [2.45, 2.75) is 25.7 Å². The van der Waals surface area contributed by atoms with Gasteiger partial charge in [-0.15, -0.1) is 0 Å². The summed E-state index contributed by atoms with van der Waals surface area (Å²) in [6.45, 7) is 4.97. The zero-order chi connectivity index (χ0) is 17.6. The summed E-state index contributed by atoms with van der Waals surface area (Å²) < 4.78 is 11.4. The van der Waals surface area contributed by atoms with E-state index in [2.05, 4.69) is 17.4 Å². The second-order valence-electron chi connectivity index (χ2n) is 6.35. The van der Waals surface area contributed by atoms with Crippen LogP contribution in [0.4, 0.5) is 0 Å². The third-order valence-corrected chi connectivity index (χ3v) is 4.99. The second kappa shape index (κ2) is 8.79. The number of hydrogen-bond acceptors (Lipinski definition) is 3. The normalized spacial score (nSPS) is 15.2. The summed E-state index contributed by atoms with van der Waals surface area (Å²) in [6, 6.07) is 12.1. The Morgan fingerprint density at radius 2 is 1.56 bits per heavy atom. The molecule has 1 aliphatic heterocycles. The summed E-state index contributed by atoms with van der Waals surface area (Å²) in [7, 11) is 0. The van der Waals surface area contributed by atoms with Gasteiger partial charge in [0.2, 0.25) is 0 Å². The fraction of sp³-hybridized carbons (Fsp3) is 0.400. The van der Waals surface area contributed by atoms with Crippen LogP contribution in [0.25, 0.3) is 0 Å². The summed E-state index contributed by atoms with van der Waals surface area (Å²) in [4.78, 5) is 0. The van der Waals surface area contributed by atoms with Crippen molar-refractivity contribution in [1.82, 2.24) is 5.32 Å². The quantitative estimate of drug-likeness (QED) is 0.697. The minimum absolute atomic E-state index is 0.387. The van der Waals surface area contributed by atoms with Gasteiger partial charge < -0.3 is 14.8 Å². The van der Waals surface area contributed by atoms with E-state index in [4.69, 9.17) is 32.7 Å². The highest BCUT2D eigenvalue weighted by atomic mass is 35.5. The predicted octanol–water partition coefficient (Wildman–Crippen LogP) is 5.23. The van der Waals surface area contributed by atoms with Crippen LogP contribution in [-0.2, 0) is 0 Å². The second-order valence-corrected chi connectivity index (χ2v) is 7.16. The fourth-order valence-corrected chi connectivity index (χ4v) is 3.82. The molecule has 2 aromatic rings. The number of piperidine rings is 1. The minimum Gasteiger partial charge on any atom is -0.490 e. The number of rotatable bonds is 6. The molecule has 1 aliphatic rings. The van der Waals surface area contributed by atoms with E-state index in [1.54, 1.807) is 0 Å². The van der Waals surface area contributed by atoms with E-state index in [9.17, 15) is 0 Å². The fourth-order valence-electron chi connectivity index (χ4n) is 3.12. The minimum atomic E-state index is 0.387. The van der Waals surface area contributed by atoms with Crippen molar-refractivity contribution in [1.29, 1.82) is 0 Å². The van der Waals surface area contributed by atoms with E-state index < -0.39 is 0 Å². The lowest BCUT2D eigenvalue weighted by atomic mass is 9.90. The van der Waals surface area contributed by atoms with Gasteiger partial charge in [0.15, 0.2) is 5.75 Å². The number of hydrogen-bond donors (Lipinski definition) is 1. The first kappa shape index (κ1) is 18.4. The van der Waals surface area contributed by atoms with Crippen molar-refractivity contribution < 1.29 is 9.47 Å². The Morgan fingerprint density at radius 1 is 0.960 bits per heavy atom. The Hall–Kier alpha value is -1.42. The van der Waals surface area contributed by atoms with Crippen LogP contribution >= 0.6 is 23.2 Å². The molecule has 0 unspecified atom stereocenters. The highest BCUT2D eigenvalue weighted by molar-refractivity contribution is 6.37. The van der Waals surface area contributed by atoms with E-state index in [1.807, 2.05) is 31.2 Å². The number of halogens is 2. The summed E-state index contributed by atoms with van der Waals surface area (Å²) in [5.41, 5.74) is 2.40. The summed E-state index contributed by atoms with van der Waals surface area (Å²) in [5, 5.41) is 4.45. The van der Waals surface area contributed by atoms with Crippen molar-refractivity contribution in [2.75, 3.05) is 26.3 Å². The number of benzene rings is 2. The zero-order valence-corrected chi connectivity index (χ0v) is 15.9. The van der Waals surface area contributed by atoms with Crippen LogP contribution in [0.5, 0.6) is 11.5 Å². The van der Waals surface area contributed by atoms with Gasteiger partial charge in [-0.3, -0.25) is 0 Å². The molecule has 2 aromatic carbocycles. The molecule has 1 fully saturated rings. The standard InChI is InChI=1S/C20H23Cl2NO2/c1-14-12-18(21)20(19(22)13-14)25-11-10-24-17-4-2-15(3-5-17)16-6-8-23-9-7-16/h2-5,12-13,16,23H,6-11H2,1H3. The van der Waals surface area contributed by atoms with Crippen LogP contribution in [0, 0.1) is 6.92 Å². The molecule has 134 valence electrons. The van der Waals surface area contributed by atoms with Crippen molar-refractivity contribution >= 4 is 23.2 Å².